The molecule has 39 heavy (non-hydrogen) atoms. The zero-order valence-electron chi connectivity index (χ0n) is 22.0. The van der Waals surface area contributed by atoms with Gasteiger partial charge >= 0.3 is 0 Å². The molecule has 13 N–H and O–H groups in total. The predicted molar refractivity (Wildman–Crippen MR) is 132 cm³/mol. The lowest BCUT2D eigenvalue weighted by Gasteiger charge is -2.41. The van der Waals surface area contributed by atoms with Gasteiger partial charge in [-0.15, -0.1) is 0 Å². The molecule has 16 heteroatoms. The smallest absolute Gasteiger partial charge is 0.252 e. The molecule has 1 aliphatic carbocycles. The molecule has 2 saturated heterocycles. The molecule has 3 aliphatic rings. The number of halogens is 1. The second-order valence-corrected chi connectivity index (χ2v) is 10.4. The molecule has 0 spiro atoms. The average molecular weight is 570 g/mol. The largest absolute Gasteiger partial charge is 0.394 e. The van der Waals surface area contributed by atoms with Crippen molar-refractivity contribution in [3.05, 3.63) is 0 Å². The fourth-order valence-electron chi connectivity index (χ4n) is 5.32. The van der Waals surface area contributed by atoms with Crippen molar-refractivity contribution in [3.8, 4) is 0 Å². The summed E-state index contributed by atoms with van der Waals surface area (Å²) in [5.74, 6) is -1.17. The first-order valence-electron chi connectivity index (χ1n) is 13.2. The fourth-order valence-corrected chi connectivity index (χ4v) is 5.32. The molecule has 3 rings (SSSR count). The average Bonchev–Trinajstić information content (AvgIpc) is 3.30. The van der Waals surface area contributed by atoms with Crippen LogP contribution >= 0.6 is 0 Å². The molecule has 0 aromatic heterocycles. The van der Waals surface area contributed by atoms with Crippen molar-refractivity contribution in [2.45, 2.75) is 98.9 Å². The van der Waals surface area contributed by atoms with E-state index in [9.17, 15) is 29.6 Å². The summed E-state index contributed by atoms with van der Waals surface area (Å²) in [4.78, 5) is 12.3. The van der Waals surface area contributed by atoms with Crippen LogP contribution in [0.5, 0.6) is 0 Å². The van der Waals surface area contributed by atoms with Gasteiger partial charge in [0.1, 0.15) is 30.6 Å². The molecule has 2 aliphatic heterocycles. The summed E-state index contributed by atoms with van der Waals surface area (Å²) < 4.78 is 42.7. The lowest BCUT2D eigenvalue weighted by atomic mass is 9.80. The number of aliphatic hydroxyl groups is 4. The summed E-state index contributed by atoms with van der Waals surface area (Å²) in [6.07, 6.45) is -10.6. The monoisotopic (exact) mass is 569 g/mol. The van der Waals surface area contributed by atoms with Crippen LogP contribution in [0, 0.1) is 5.92 Å². The van der Waals surface area contributed by atoms with Crippen LogP contribution < -0.4 is 28.3 Å². The number of nitrogens with two attached hydrogens (primary N) is 4. The first-order chi connectivity index (χ1) is 18.5. The van der Waals surface area contributed by atoms with E-state index < -0.39 is 98.7 Å². The van der Waals surface area contributed by atoms with Gasteiger partial charge in [0.25, 0.3) is 5.91 Å². The van der Waals surface area contributed by atoms with E-state index >= 15 is 0 Å². The Morgan fingerprint density at radius 2 is 1.79 bits per heavy atom. The standard InChI is InChI=1S/C23H44FN5O10/c1-35-8-10-12(27)2-9(29-22(34)19(31)11(24)5-25)3-13(10)36-17-4-14(16(7-30)37-17)38-23-18(28)21(33)20(32)15(6-26)39-23/h9-21,23,30-33H,2-8,25-28H2,1H3,(H,29,34)/t9?,10-,11?,12?,13?,14+,15+,16?,17?,18-,19?,20-,21?,23+/m1/s1. The highest BCUT2D eigenvalue weighted by molar-refractivity contribution is 5.81. The Kier molecular flexibility index (Phi) is 12.2. The zero-order chi connectivity index (χ0) is 28.9. The lowest BCUT2D eigenvalue weighted by molar-refractivity contribution is -0.274. The SMILES string of the molecule is COC[C@@H]1C(N)CC(NC(=O)C(O)C(F)CN)CC1OC1C[C@H](O[C@H]2O[C@@H](CN)[C@@H](O)C(O)[C@H]2N)C(CO)O1. The van der Waals surface area contributed by atoms with Crippen LogP contribution in [0.4, 0.5) is 4.39 Å². The van der Waals surface area contributed by atoms with E-state index in [0.717, 1.165) is 0 Å². The molecular formula is C23H44FN5O10. The molecule has 2 heterocycles. The number of rotatable bonds is 12. The van der Waals surface area contributed by atoms with Gasteiger partial charge in [0, 0.05) is 44.6 Å². The third kappa shape index (κ3) is 7.79. The van der Waals surface area contributed by atoms with E-state index in [4.69, 9.17) is 46.6 Å². The van der Waals surface area contributed by atoms with Gasteiger partial charge in [0.2, 0.25) is 0 Å². The third-order valence-electron chi connectivity index (χ3n) is 7.61. The number of carbonyl (C=O) groups is 1. The van der Waals surface area contributed by atoms with Crippen molar-refractivity contribution >= 4 is 5.91 Å². The molecule has 0 aromatic rings. The normalized spacial score (nSPS) is 42.7. The third-order valence-corrected chi connectivity index (χ3v) is 7.61. The molecule has 0 bridgehead atoms. The van der Waals surface area contributed by atoms with Crippen molar-refractivity contribution in [1.29, 1.82) is 0 Å². The molecular weight excluding hydrogens is 525 g/mol. The highest BCUT2D eigenvalue weighted by Crippen LogP contribution is 2.34. The lowest BCUT2D eigenvalue weighted by Crippen LogP contribution is -2.63. The maximum atomic E-state index is 13.7. The topological polar surface area (TPSA) is 260 Å². The first kappa shape index (κ1) is 32.4. The number of alkyl halides is 1. The van der Waals surface area contributed by atoms with Crippen LogP contribution in [0.2, 0.25) is 0 Å². The summed E-state index contributed by atoms with van der Waals surface area (Å²) in [5.41, 5.74) is 23.2. The van der Waals surface area contributed by atoms with Gasteiger partial charge in [-0.2, -0.15) is 0 Å². The second kappa shape index (κ2) is 14.7. The molecule has 0 radical (unpaired) electrons. The minimum atomic E-state index is -1.91. The molecule has 0 aromatic carbocycles. The summed E-state index contributed by atoms with van der Waals surface area (Å²) >= 11 is 0. The molecule has 1 amide bonds. The van der Waals surface area contributed by atoms with E-state index in [1.807, 2.05) is 0 Å². The number of hydrogen-bond donors (Lipinski definition) is 9. The minimum Gasteiger partial charge on any atom is -0.394 e. The van der Waals surface area contributed by atoms with Crippen molar-refractivity contribution in [2.75, 3.05) is 33.4 Å². The van der Waals surface area contributed by atoms with Crippen LogP contribution in [0.3, 0.4) is 0 Å². The van der Waals surface area contributed by atoms with E-state index in [0.29, 0.717) is 6.42 Å². The van der Waals surface area contributed by atoms with Crippen LogP contribution in [0.25, 0.3) is 0 Å². The summed E-state index contributed by atoms with van der Waals surface area (Å²) in [6.45, 7) is -0.725. The van der Waals surface area contributed by atoms with E-state index in [1.165, 1.54) is 7.11 Å². The number of ether oxygens (including phenoxy) is 5. The van der Waals surface area contributed by atoms with Gasteiger partial charge in [-0.05, 0) is 12.8 Å². The van der Waals surface area contributed by atoms with Gasteiger partial charge in [0.15, 0.2) is 18.7 Å². The van der Waals surface area contributed by atoms with Gasteiger partial charge in [-0.3, -0.25) is 4.79 Å². The van der Waals surface area contributed by atoms with Crippen molar-refractivity contribution in [1.82, 2.24) is 5.32 Å². The van der Waals surface area contributed by atoms with Gasteiger partial charge in [-0.25, -0.2) is 4.39 Å². The Morgan fingerprint density at radius 3 is 2.41 bits per heavy atom. The Labute approximate surface area is 226 Å². The number of amides is 1. The molecule has 15 nitrogen and oxygen atoms in total. The second-order valence-electron chi connectivity index (χ2n) is 10.4. The van der Waals surface area contributed by atoms with E-state index in [-0.39, 0.29) is 31.9 Å². The number of nitrogens with one attached hydrogen (secondary N) is 1. The quantitative estimate of drug-likeness (QED) is 0.107. The Balaban J connectivity index is 1.65. The van der Waals surface area contributed by atoms with Crippen LogP contribution in [0.15, 0.2) is 0 Å². The fraction of sp³-hybridized carbons (Fsp3) is 0.957. The summed E-state index contributed by atoms with van der Waals surface area (Å²) in [7, 11) is 1.52. The Hall–Kier alpha value is -1.12. The highest BCUT2D eigenvalue weighted by Gasteiger charge is 2.47. The van der Waals surface area contributed by atoms with E-state index in [1.54, 1.807) is 0 Å². The van der Waals surface area contributed by atoms with Crippen LogP contribution in [-0.4, -0.2) is 139 Å². The Bertz CT molecular complexity index is 775. The van der Waals surface area contributed by atoms with Crippen molar-refractivity contribution in [3.63, 3.8) is 0 Å². The van der Waals surface area contributed by atoms with Crippen LogP contribution in [0.1, 0.15) is 19.3 Å². The Morgan fingerprint density at radius 1 is 1.08 bits per heavy atom. The predicted octanol–water partition coefficient (Wildman–Crippen LogP) is -4.88. The molecule has 8 unspecified atom stereocenters. The van der Waals surface area contributed by atoms with Crippen LogP contribution in [-0.2, 0) is 28.5 Å². The number of methoxy groups -OCH3 is 1. The molecule has 1 saturated carbocycles. The number of hydrogen-bond acceptors (Lipinski definition) is 14. The maximum Gasteiger partial charge on any atom is 0.252 e. The number of aliphatic hydroxyl groups excluding tert-OH is 4. The highest BCUT2D eigenvalue weighted by atomic mass is 19.1. The molecule has 14 atom stereocenters. The van der Waals surface area contributed by atoms with Crippen molar-refractivity contribution in [2.24, 2.45) is 28.9 Å². The summed E-state index contributed by atoms with van der Waals surface area (Å²) in [6, 6.07) is -2.06. The van der Waals surface area contributed by atoms with E-state index in [2.05, 4.69) is 5.32 Å². The van der Waals surface area contributed by atoms with Gasteiger partial charge < -0.3 is 72.4 Å². The molecule has 228 valence electrons. The summed E-state index contributed by atoms with van der Waals surface area (Å²) in [5, 5.41) is 42.7. The molecule has 3 fully saturated rings. The van der Waals surface area contributed by atoms with Crippen molar-refractivity contribution < 1.29 is 53.3 Å². The zero-order valence-corrected chi connectivity index (χ0v) is 22.0. The van der Waals surface area contributed by atoms with Gasteiger partial charge in [-0.1, -0.05) is 0 Å². The number of carbonyl (C=O) groups excluding carboxylic acids is 1. The van der Waals surface area contributed by atoms with Gasteiger partial charge in [0.05, 0.1) is 31.5 Å². The minimum absolute atomic E-state index is 0.0725. The first-order valence-corrected chi connectivity index (χ1v) is 13.2. The maximum absolute atomic E-state index is 13.7.